The van der Waals surface area contributed by atoms with Crippen molar-refractivity contribution in [3.63, 3.8) is 0 Å². The van der Waals surface area contributed by atoms with E-state index in [0.717, 1.165) is 23.2 Å². The zero-order valence-corrected chi connectivity index (χ0v) is 13.9. The smallest absolute Gasteiger partial charge is 0.254 e. The Hall–Kier alpha value is -2.47. The van der Waals surface area contributed by atoms with Gasteiger partial charge in [-0.05, 0) is 18.9 Å². The minimum atomic E-state index is -0.241. The number of likely N-dealkylation sites (tertiary alicyclic amines) is 1. The van der Waals surface area contributed by atoms with Crippen LogP contribution < -0.4 is 5.56 Å². The number of fused-ring (bicyclic) bond motifs is 1. The van der Waals surface area contributed by atoms with Crippen molar-refractivity contribution in [2.45, 2.75) is 18.8 Å². The Morgan fingerprint density at radius 2 is 2.04 bits per heavy atom. The van der Waals surface area contributed by atoms with Crippen LogP contribution in [-0.4, -0.2) is 33.9 Å². The van der Waals surface area contributed by atoms with E-state index in [1.165, 1.54) is 6.07 Å². The Balaban J connectivity index is 1.58. The van der Waals surface area contributed by atoms with Gasteiger partial charge in [0.1, 0.15) is 0 Å². The molecular weight excluding hydrogens is 322 g/mol. The Morgan fingerprint density at radius 3 is 2.79 bits per heavy atom. The van der Waals surface area contributed by atoms with Crippen molar-refractivity contribution in [3.8, 4) is 0 Å². The third-order valence-corrected chi connectivity index (χ3v) is 5.50. The molecule has 0 spiro atoms. The minimum absolute atomic E-state index is 0.0603. The van der Waals surface area contributed by atoms with E-state index in [4.69, 9.17) is 0 Å². The van der Waals surface area contributed by atoms with Gasteiger partial charge in [-0.2, -0.15) is 0 Å². The predicted octanol–water partition coefficient (Wildman–Crippen LogP) is 3.00. The van der Waals surface area contributed by atoms with E-state index in [1.54, 1.807) is 11.3 Å². The third-order valence-electron chi connectivity index (χ3n) is 4.56. The summed E-state index contributed by atoms with van der Waals surface area (Å²) in [5.74, 6) is 0.375. The van der Waals surface area contributed by atoms with Crippen molar-refractivity contribution < 1.29 is 4.79 Å². The fourth-order valence-electron chi connectivity index (χ4n) is 3.32. The fraction of sp³-hybridized carbons (Fsp3) is 0.278. The van der Waals surface area contributed by atoms with E-state index in [2.05, 4.69) is 9.97 Å². The molecule has 5 nitrogen and oxygen atoms in total. The number of piperidine rings is 1. The van der Waals surface area contributed by atoms with Gasteiger partial charge in [0, 0.05) is 47.6 Å². The number of para-hydroxylation sites is 1. The Kier molecular flexibility index (Phi) is 3.90. The van der Waals surface area contributed by atoms with Crippen molar-refractivity contribution in [2.75, 3.05) is 13.1 Å². The number of hydrogen-bond acceptors (Lipinski definition) is 4. The maximum absolute atomic E-state index is 12.9. The number of H-pyrrole nitrogens is 1. The lowest BCUT2D eigenvalue weighted by Crippen LogP contribution is -2.38. The second-order valence-electron chi connectivity index (χ2n) is 6.03. The maximum Gasteiger partial charge on any atom is 0.254 e. The summed E-state index contributed by atoms with van der Waals surface area (Å²) in [6.45, 7) is 1.40. The average molecular weight is 339 g/mol. The quantitative estimate of drug-likeness (QED) is 0.780. The molecule has 3 aromatic rings. The second-order valence-corrected chi connectivity index (χ2v) is 6.96. The van der Waals surface area contributed by atoms with E-state index >= 15 is 0 Å². The van der Waals surface area contributed by atoms with E-state index in [9.17, 15) is 9.59 Å². The molecule has 122 valence electrons. The van der Waals surface area contributed by atoms with E-state index in [1.807, 2.05) is 40.7 Å². The lowest BCUT2D eigenvalue weighted by Gasteiger charge is -2.31. The number of amides is 1. The zero-order chi connectivity index (χ0) is 16.5. The summed E-state index contributed by atoms with van der Waals surface area (Å²) in [4.78, 5) is 33.8. The standard InChI is InChI=1S/C18H17N3O2S/c22-16-11-14(13-3-1-2-4-15(13)20-16)18(23)21-8-5-12(6-9-21)17-19-7-10-24-17/h1-4,7,10-12H,5-6,8-9H2,(H,20,22). The number of rotatable bonds is 2. The highest BCUT2D eigenvalue weighted by Crippen LogP contribution is 2.30. The number of carbonyl (C=O) groups is 1. The van der Waals surface area contributed by atoms with Crippen molar-refractivity contribution in [1.29, 1.82) is 0 Å². The normalized spacial score (nSPS) is 15.8. The zero-order valence-electron chi connectivity index (χ0n) is 13.1. The highest BCUT2D eigenvalue weighted by molar-refractivity contribution is 7.09. The molecule has 1 aliphatic rings. The maximum atomic E-state index is 12.9. The molecule has 2 aromatic heterocycles. The first-order valence-corrected chi connectivity index (χ1v) is 8.91. The molecule has 1 aromatic carbocycles. The van der Waals surface area contributed by atoms with E-state index < -0.39 is 0 Å². The van der Waals surface area contributed by atoms with E-state index in [-0.39, 0.29) is 11.5 Å². The van der Waals surface area contributed by atoms with Gasteiger partial charge in [-0.25, -0.2) is 4.98 Å². The van der Waals surface area contributed by atoms with Crippen molar-refractivity contribution >= 4 is 28.1 Å². The first kappa shape index (κ1) is 15.1. The summed E-state index contributed by atoms with van der Waals surface area (Å²) in [6, 6.07) is 8.85. The molecule has 1 aliphatic heterocycles. The first-order valence-electron chi connectivity index (χ1n) is 8.03. The number of aromatic amines is 1. The molecule has 24 heavy (non-hydrogen) atoms. The lowest BCUT2D eigenvalue weighted by atomic mass is 9.96. The van der Waals surface area contributed by atoms with Gasteiger partial charge in [-0.1, -0.05) is 18.2 Å². The predicted molar refractivity (Wildman–Crippen MR) is 94.6 cm³/mol. The monoisotopic (exact) mass is 339 g/mol. The van der Waals surface area contributed by atoms with Crippen molar-refractivity contribution in [1.82, 2.24) is 14.9 Å². The molecule has 1 saturated heterocycles. The van der Waals surface area contributed by atoms with Crippen LogP contribution in [0.25, 0.3) is 10.9 Å². The summed E-state index contributed by atoms with van der Waals surface area (Å²) in [5.41, 5.74) is 0.947. The number of thiazole rings is 1. The van der Waals surface area contributed by atoms with Gasteiger partial charge in [0.15, 0.2) is 0 Å². The molecule has 0 aliphatic carbocycles. The lowest BCUT2D eigenvalue weighted by molar-refractivity contribution is 0.0714. The molecule has 0 saturated carbocycles. The molecule has 3 heterocycles. The molecule has 1 N–H and O–H groups in total. The van der Waals surface area contributed by atoms with Gasteiger partial charge >= 0.3 is 0 Å². The van der Waals surface area contributed by atoms with Gasteiger partial charge in [-0.3, -0.25) is 9.59 Å². The van der Waals surface area contributed by atoms with Crippen LogP contribution in [0.4, 0.5) is 0 Å². The van der Waals surface area contributed by atoms with Crippen LogP contribution in [0, 0.1) is 0 Å². The van der Waals surface area contributed by atoms with Crippen LogP contribution in [0.3, 0.4) is 0 Å². The van der Waals surface area contributed by atoms with Crippen LogP contribution in [0.5, 0.6) is 0 Å². The molecule has 0 radical (unpaired) electrons. The van der Waals surface area contributed by atoms with Crippen molar-refractivity contribution in [3.05, 3.63) is 62.8 Å². The van der Waals surface area contributed by atoms with Gasteiger partial charge in [0.05, 0.1) is 10.6 Å². The minimum Gasteiger partial charge on any atom is -0.339 e. The largest absolute Gasteiger partial charge is 0.339 e. The van der Waals surface area contributed by atoms with Crippen LogP contribution in [0.1, 0.15) is 34.1 Å². The molecule has 6 heteroatoms. The highest BCUT2D eigenvalue weighted by Gasteiger charge is 2.26. The number of pyridine rings is 1. The number of aromatic nitrogens is 2. The average Bonchev–Trinajstić information content (AvgIpc) is 3.15. The Morgan fingerprint density at radius 1 is 1.25 bits per heavy atom. The molecule has 0 unspecified atom stereocenters. The van der Waals surface area contributed by atoms with Crippen LogP contribution >= 0.6 is 11.3 Å². The van der Waals surface area contributed by atoms with Crippen LogP contribution in [0.15, 0.2) is 46.7 Å². The summed E-state index contributed by atoms with van der Waals surface area (Å²) in [5, 5.41) is 3.95. The number of nitrogens with zero attached hydrogens (tertiary/aromatic N) is 2. The molecule has 4 rings (SSSR count). The molecule has 1 fully saturated rings. The summed E-state index contributed by atoms with van der Waals surface area (Å²) >= 11 is 1.68. The van der Waals surface area contributed by atoms with Gasteiger partial charge in [0.25, 0.3) is 5.91 Å². The number of carbonyl (C=O) groups excluding carboxylic acids is 1. The summed E-state index contributed by atoms with van der Waals surface area (Å²) < 4.78 is 0. The van der Waals surface area contributed by atoms with Gasteiger partial charge in [0.2, 0.25) is 5.56 Å². The van der Waals surface area contributed by atoms with Gasteiger partial charge in [-0.15, -0.1) is 11.3 Å². The number of nitrogens with one attached hydrogen (secondary N) is 1. The Labute approximate surface area is 143 Å². The topological polar surface area (TPSA) is 66.1 Å². The highest BCUT2D eigenvalue weighted by atomic mass is 32.1. The van der Waals surface area contributed by atoms with E-state index in [0.29, 0.717) is 30.1 Å². The molecular formula is C18H17N3O2S. The fourth-order valence-corrected chi connectivity index (χ4v) is 4.13. The number of benzene rings is 1. The summed E-state index contributed by atoms with van der Waals surface area (Å²) in [7, 11) is 0. The number of hydrogen-bond donors (Lipinski definition) is 1. The SMILES string of the molecule is O=C(c1cc(=O)[nH]c2ccccc12)N1CCC(c2nccs2)CC1. The third kappa shape index (κ3) is 2.73. The summed E-state index contributed by atoms with van der Waals surface area (Å²) in [6.07, 6.45) is 3.67. The molecule has 0 atom stereocenters. The van der Waals surface area contributed by atoms with Crippen LogP contribution in [0.2, 0.25) is 0 Å². The molecule has 1 amide bonds. The Bertz CT molecular complexity index is 925. The van der Waals surface area contributed by atoms with Gasteiger partial charge < -0.3 is 9.88 Å². The first-order chi connectivity index (χ1) is 11.7. The second kappa shape index (κ2) is 6.20. The van der Waals surface area contributed by atoms with Crippen LogP contribution in [-0.2, 0) is 0 Å². The van der Waals surface area contributed by atoms with Crippen molar-refractivity contribution in [2.24, 2.45) is 0 Å². The molecule has 0 bridgehead atoms.